The summed E-state index contributed by atoms with van der Waals surface area (Å²) in [7, 11) is -9.53. The molecule has 12 nitrogen and oxygen atoms in total. The molecule has 150 valence electrons. The molecule has 0 aliphatic rings. The minimum atomic E-state index is -4.93. The highest BCUT2D eigenvalue weighted by Gasteiger charge is 2.22. The Morgan fingerprint density at radius 3 is 2.46 bits per heavy atom. The van der Waals surface area contributed by atoms with Crippen LogP contribution in [0.2, 0.25) is 0 Å². The number of phosphoric acid groups is 1. The molecule has 0 spiro atoms. The molecule has 1 heterocycles. The van der Waals surface area contributed by atoms with E-state index in [9.17, 15) is 27.4 Å². The van der Waals surface area contributed by atoms with Crippen LogP contribution in [0.1, 0.15) is 21.6 Å². The smallest absolute Gasteiger partial charge is 0.469 e. The van der Waals surface area contributed by atoms with E-state index in [-0.39, 0.29) is 34.6 Å². The summed E-state index contributed by atoms with van der Waals surface area (Å²) < 4.78 is 47.3. The van der Waals surface area contributed by atoms with Gasteiger partial charge in [-0.3, -0.25) is 13.9 Å². The third-order valence-corrected chi connectivity index (χ3v) is 4.72. The summed E-state index contributed by atoms with van der Waals surface area (Å²) >= 11 is 0. The number of carbonyl (C=O) groups is 1. The van der Waals surface area contributed by atoms with Crippen molar-refractivity contribution >= 4 is 35.7 Å². The van der Waals surface area contributed by atoms with Gasteiger partial charge in [0.25, 0.3) is 10.1 Å². The summed E-state index contributed by atoms with van der Waals surface area (Å²) in [5, 5.41) is 17.3. The topological polar surface area (TPSA) is 196 Å². The fourth-order valence-electron chi connectivity index (χ4n) is 2.10. The first kappa shape index (κ1) is 21.8. The summed E-state index contributed by atoms with van der Waals surface area (Å²) in [5.74, 6) is -0.896. The average molecular weight is 431 g/mol. The van der Waals surface area contributed by atoms with Crippen LogP contribution < -0.4 is 0 Å². The highest BCUT2D eigenvalue weighted by atomic mass is 32.2. The molecule has 0 atom stereocenters. The van der Waals surface area contributed by atoms with E-state index in [0.29, 0.717) is 0 Å². The SMILES string of the molecule is Cc1nc(N=Nc2ccccc2S(=O)(=O)O)c(COP(=O)(O)O)c(C=O)c1O. The molecule has 0 amide bonds. The fourth-order valence-corrected chi connectivity index (χ4v) is 3.02. The first-order valence-corrected chi connectivity index (χ1v) is 10.3. The lowest BCUT2D eigenvalue weighted by Gasteiger charge is -2.12. The van der Waals surface area contributed by atoms with Crippen LogP contribution in [0, 0.1) is 6.92 Å². The lowest BCUT2D eigenvalue weighted by atomic mass is 10.1. The molecule has 28 heavy (non-hydrogen) atoms. The number of azo groups is 1. The zero-order valence-corrected chi connectivity index (χ0v) is 15.8. The fraction of sp³-hybridized carbons (Fsp3) is 0.143. The Kier molecular flexibility index (Phi) is 6.39. The molecule has 4 N–H and O–H groups in total. The number of rotatable bonds is 7. The Labute approximate surface area is 158 Å². The number of aromatic hydroxyl groups is 1. The second-order valence-corrected chi connectivity index (χ2v) is 7.92. The molecule has 2 rings (SSSR count). The van der Waals surface area contributed by atoms with Crippen LogP contribution in [0.15, 0.2) is 39.4 Å². The highest BCUT2D eigenvalue weighted by Crippen LogP contribution is 2.40. The largest absolute Gasteiger partial charge is 0.505 e. The summed E-state index contributed by atoms with van der Waals surface area (Å²) in [5.41, 5.74) is -0.960. The summed E-state index contributed by atoms with van der Waals surface area (Å²) in [6, 6.07) is 5.07. The van der Waals surface area contributed by atoms with Gasteiger partial charge in [-0.1, -0.05) is 12.1 Å². The van der Waals surface area contributed by atoms with E-state index in [2.05, 4.69) is 19.7 Å². The molecule has 0 aliphatic carbocycles. The zero-order chi connectivity index (χ0) is 21.1. The van der Waals surface area contributed by atoms with E-state index in [4.69, 9.17) is 9.79 Å². The van der Waals surface area contributed by atoms with Gasteiger partial charge in [-0.25, -0.2) is 9.55 Å². The molecule has 14 heteroatoms. The molecular formula is C14H14N3O9PS. The normalized spacial score (nSPS) is 12.4. The average Bonchev–Trinajstić information content (AvgIpc) is 2.59. The molecule has 0 aliphatic heterocycles. The van der Waals surface area contributed by atoms with Crippen LogP contribution in [-0.2, 0) is 25.8 Å². The molecule has 0 saturated heterocycles. The standard InChI is InChI=1S/C14H14N3O9PS/c1-8-13(19)9(6-18)10(7-26-27(20,21)22)14(15-8)17-16-11-4-2-3-5-12(11)28(23,24)25/h2-6,19H,7H2,1H3,(H2,20,21,22)(H,23,24,25). The van der Waals surface area contributed by atoms with Crippen molar-refractivity contribution in [2.45, 2.75) is 18.4 Å². The van der Waals surface area contributed by atoms with Gasteiger partial charge in [0.15, 0.2) is 12.1 Å². The number of nitrogens with zero attached hydrogens (tertiary/aromatic N) is 3. The van der Waals surface area contributed by atoms with Crippen molar-refractivity contribution in [1.82, 2.24) is 4.98 Å². The van der Waals surface area contributed by atoms with Gasteiger partial charge in [0.2, 0.25) is 0 Å². The van der Waals surface area contributed by atoms with Gasteiger partial charge >= 0.3 is 7.82 Å². The Balaban J connectivity index is 2.60. The van der Waals surface area contributed by atoms with Crippen LogP contribution in [0.3, 0.4) is 0 Å². The van der Waals surface area contributed by atoms with Crippen molar-refractivity contribution in [3.05, 3.63) is 41.1 Å². The van der Waals surface area contributed by atoms with Crippen molar-refractivity contribution in [3.8, 4) is 5.75 Å². The number of pyridine rings is 1. The minimum Gasteiger partial charge on any atom is -0.505 e. The summed E-state index contributed by atoms with van der Waals surface area (Å²) in [6.07, 6.45) is 0.216. The predicted molar refractivity (Wildman–Crippen MR) is 93.3 cm³/mol. The Morgan fingerprint density at radius 2 is 1.89 bits per heavy atom. The van der Waals surface area contributed by atoms with E-state index in [1.807, 2.05) is 0 Å². The van der Waals surface area contributed by atoms with Gasteiger partial charge in [-0.2, -0.15) is 8.42 Å². The van der Waals surface area contributed by atoms with Gasteiger partial charge < -0.3 is 14.9 Å². The van der Waals surface area contributed by atoms with Crippen molar-refractivity contribution in [1.29, 1.82) is 0 Å². The number of aromatic nitrogens is 1. The van der Waals surface area contributed by atoms with Crippen LogP contribution in [0.25, 0.3) is 0 Å². The van der Waals surface area contributed by atoms with Crippen LogP contribution in [0.4, 0.5) is 11.5 Å². The maximum absolute atomic E-state index is 11.4. The predicted octanol–water partition coefficient (Wildman–Crippen LogP) is 2.18. The maximum atomic E-state index is 11.4. The Bertz CT molecular complexity index is 1100. The van der Waals surface area contributed by atoms with Crippen molar-refractivity contribution < 1.29 is 41.7 Å². The van der Waals surface area contributed by atoms with Gasteiger partial charge in [0.1, 0.15) is 16.3 Å². The van der Waals surface area contributed by atoms with Crippen molar-refractivity contribution in [3.63, 3.8) is 0 Å². The van der Waals surface area contributed by atoms with Gasteiger partial charge in [0.05, 0.1) is 17.9 Å². The first-order valence-electron chi connectivity index (χ1n) is 7.30. The Hall–Kier alpha value is -2.54. The number of phosphoric ester groups is 1. The number of hydrogen-bond acceptors (Lipinski definition) is 9. The molecule has 1 aromatic heterocycles. The quantitative estimate of drug-likeness (QED) is 0.218. The summed E-state index contributed by atoms with van der Waals surface area (Å²) in [4.78, 5) is 32.4. The van der Waals surface area contributed by atoms with Gasteiger partial charge in [0, 0.05) is 5.56 Å². The lowest BCUT2D eigenvalue weighted by molar-refractivity contribution is 0.111. The molecule has 0 radical (unpaired) electrons. The molecule has 1 aromatic carbocycles. The van der Waals surface area contributed by atoms with Crippen molar-refractivity contribution in [2.24, 2.45) is 10.2 Å². The summed E-state index contributed by atoms with van der Waals surface area (Å²) in [6.45, 7) is 0.495. The van der Waals surface area contributed by atoms with E-state index >= 15 is 0 Å². The maximum Gasteiger partial charge on any atom is 0.469 e. The number of carbonyl (C=O) groups excluding carboxylic acids is 1. The number of benzene rings is 1. The number of hydrogen-bond donors (Lipinski definition) is 4. The van der Waals surface area contributed by atoms with Crippen LogP contribution in [-0.4, -0.2) is 39.1 Å². The number of aryl methyl sites for hydroxylation is 1. The van der Waals surface area contributed by atoms with Crippen LogP contribution >= 0.6 is 7.82 Å². The van der Waals surface area contributed by atoms with Crippen molar-refractivity contribution in [2.75, 3.05) is 0 Å². The van der Waals surface area contributed by atoms with Crippen LogP contribution in [0.5, 0.6) is 5.75 Å². The minimum absolute atomic E-state index is 0.0426. The molecular weight excluding hydrogens is 417 g/mol. The highest BCUT2D eigenvalue weighted by molar-refractivity contribution is 7.86. The van der Waals surface area contributed by atoms with E-state index in [1.165, 1.54) is 25.1 Å². The molecule has 0 saturated carbocycles. The molecule has 0 unspecified atom stereocenters. The molecule has 0 fully saturated rings. The molecule has 2 aromatic rings. The monoisotopic (exact) mass is 431 g/mol. The number of aldehydes is 1. The van der Waals surface area contributed by atoms with E-state index in [0.717, 1.165) is 6.07 Å². The lowest BCUT2D eigenvalue weighted by Crippen LogP contribution is -2.01. The van der Waals surface area contributed by atoms with Gasteiger partial charge in [-0.15, -0.1) is 10.2 Å². The zero-order valence-electron chi connectivity index (χ0n) is 14.1. The Morgan fingerprint density at radius 1 is 1.25 bits per heavy atom. The van der Waals surface area contributed by atoms with Gasteiger partial charge in [-0.05, 0) is 19.1 Å². The van der Waals surface area contributed by atoms with E-state index < -0.39 is 35.2 Å². The third-order valence-electron chi connectivity index (χ3n) is 3.36. The molecule has 0 bridgehead atoms. The second kappa shape index (κ2) is 8.22. The first-order chi connectivity index (χ1) is 12.9. The van der Waals surface area contributed by atoms with E-state index in [1.54, 1.807) is 0 Å². The third kappa shape index (κ3) is 5.25. The second-order valence-electron chi connectivity index (χ2n) is 5.29.